The molecule has 1 unspecified atom stereocenters. The molecular formula is C17H19ClN5S2+. The summed E-state index contributed by atoms with van der Waals surface area (Å²) in [5, 5.41) is 4.83. The molecule has 1 fully saturated rings. The standard InChI is InChI=1S/C17H18ClN5S2/c1-21(10-14-4-5-15(18)25-14)11-22-17(24)23(13-2-3-13)16(20-22)12-6-8-19-9-7-12/h4-9,13H,2-3,10-11H2,1H3/p+1. The van der Waals surface area contributed by atoms with Gasteiger partial charge in [0, 0.05) is 24.0 Å². The van der Waals surface area contributed by atoms with Crippen molar-refractivity contribution < 1.29 is 4.90 Å². The van der Waals surface area contributed by atoms with Gasteiger partial charge in [0.25, 0.3) is 0 Å². The van der Waals surface area contributed by atoms with Gasteiger partial charge >= 0.3 is 0 Å². The maximum absolute atomic E-state index is 6.03. The second-order valence-corrected chi connectivity index (χ2v) is 8.61. The summed E-state index contributed by atoms with van der Waals surface area (Å²) in [4.78, 5) is 6.69. The van der Waals surface area contributed by atoms with Crippen LogP contribution in [0.4, 0.5) is 0 Å². The number of pyridine rings is 1. The average Bonchev–Trinajstić information content (AvgIpc) is 3.28. The Morgan fingerprint density at radius 3 is 2.68 bits per heavy atom. The molecule has 1 N–H and O–H groups in total. The minimum atomic E-state index is 0.487. The topological polar surface area (TPSA) is 40.1 Å². The van der Waals surface area contributed by atoms with Crippen LogP contribution in [-0.4, -0.2) is 26.4 Å². The largest absolute Gasteiger partial charge is 0.314 e. The number of nitrogens with one attached hydrogen (secondary N) is 1. The fourth-order valence-corrected chi connectivity index (χ4v) is 4.48. The highest BCUT2D eigenvalue weighted by molar-refractivity contribution is 7.71. The Kier molecular flexibility index (Phi) is 4.73. The van der Waals surface area contributed by atoms with Gasteiger partial charge in [-0.15, -0.1) is 16.4 Å². The highest BCUT2D eigenvalue weighted by Crippen LogP contribution is 2.38. The van der Waals surface area contributed by atoms with Crippen LogP contribution in [0.3, 0.4) is 0 Å². The van der Waals surface area contributed by atoms with Gasteiger partial charge in [0.15, 0.2) is 12.5 Å². The maximum atomic E-state index is 6.03. The SMILES string of the molecule is C[NH+](Cc1ccc(Cl)s1)Cn1nc(-c2ccncc2)n(C2CC2)c1=S. The van der Waals surface area contributed by atoms with Gasteiger partial charge < -0.3 is 4.90 Å². The molecule has 3 aromatic heterocycles. The van der Waals surface area contributed by atoms with Crippen molar-refractivity contribution in [3.05, 3.63) is 50.6 Å². The van der Waals surface area contributed by atoms with Crippen LogP contribution in [0.15, 0.2) is 36.7 Å². The van der Waals surface area contributed by atoms with E-state index in [-0.39, 0.29) is 0 Å². The summed E-state index contributed by atoms with van der Waals surface area (Å²) in [5.74, 6) is 0.946. The highest BCUT2D eigenvalue weighted by Gasteiger charge is 2.29. The zero-order valence-corrected chi connectivity index (χ0v) is 16.2. The lowest BCUT2D eigenvalue weighted by Crippen LogP contribution is -3.06. The van der Waals surface area contributed by atoms with Crippen molar-refractivity contribution in [1.82, 2.24) is 19.3 Å². The quantitative estimate of drug-likeness (QED) is 0.655. The van der Waals surface area contributed by atoms with Crippen molar-refractivity contribution in [1.29, 1.82) is 0 Å². The molecule has 130 valence electrons. The molecular weight excluding hydrogens is 374 g/mol. The molecule has 25 heavy (non-hydrogen) atoms. The van der Waals surface area contributed by atoms with E-state index in [1.54, 1.807) is 23.7 Å². The Balaban J connectivity index is 1.60. The van der Waals surface area contributed by atoms with E-state index < -0.39 is 0 Å². The van der Waals surface area contributed by atoms with Crippen LogP contribution in [0.5, 0.6) is 0 Å². The molecule has 1 saturated carbocycles. The molecule has 0 amide bonds. The van der Waals surface area contributed by atoms with Crippen molar-refractivity contribution in [2.75, 3.05) is 7.05 Å². The molecule has 3 aromatic rings. The summed E-state index contributed by atoms with van der Waals surface area (Å²) < 4.78 is 5.80. The Labute approximate surface area is 160 Å². The van der Waals surface area contributed by atoms with Crippen molar-refractivity contribution in [2.24, 2.45) is 0 Å². The zero-order chi connectivity index (χ0) is 17.4. The summed E-state index contributed by atoms with van der Waals surface area (Å²) in [7, 11) is 2.15. The molecule has 1 atom stereocenters. The second-order valence-electron chi connectivity index (χ2n) is 6.44. The van der Waals surface area contributed by atoms with Crippen LogP contribution in [0, 0.1) is 4.77 Å². The molecule has 0 saturated heterocycles. The number of thiophene rings is 1. The third kappa shape index (κ3) is 3.69. The first-order valence-electron chi connectivity index (χ1n) is 8.27. The molecule has 5 nitrogen and oxygen atoms in total. The third-order valence-corrected chi connectivity index (χ3v) is 5.88. The lowest BCUT2D eigenvalue weighted by molar-refractivity contribution is -0.917. The summed E-state index contributed by atoms with van der Waals surface area (Å²) in [5.41, 5.74) is 1.06. The summed E-state index contributed by atoms with van der Waals surface area (Å²) in [6, 6.07) is 8.50. The van der Waals surface area contributed by atoms with Crippen LogP contribution >= 0.6 is 35.2 Å². The predicted molar refractivity (Wildman–Crippen MR) is 102 cm³/mol. The first kappa shape index (κ1) is 16.9. The van der Waals surface area contributed by atoms with Gasteiger partial charge in [-0.1, -0.05) is 11.6 Å². The molecule has 0 bridgehead atoms. The highest BCUT2D eigenvalue weighted by atomic mass is 35.5. The third-order valence-electron chi connectivity index (χ3n) is 4.25. The smallest absolute Gasteiger partial charge is 0.203 e. The molecule has 4 rings (SSSR count). The van der Waals surface area contributed by atoms with E-state index in [0.29, 0.717) is 6.04 Å². The predicted octanol–water partition coefficient (Wildman–Crippen LogP) is 3.20. The molecule has 0 spiro atoms. The van der Waals surface area contributed by atoms with Gasteiger partial charge in [0.2, 0.25) is 4.77 Å². The van der Waals surface area contributed by atoms with Crippen LogP contribution < -0.4 is 4.90 Å². The van der Waals surface area contributed by atoms with E-state index in [1.165, 1.54) is 22.6 Å². The normalized spacial score (nSPS) is 15.4. The lowest BCUT2D eigenvalue weighted by Gasteiger charge is -2.12. The zero-order valence-electron chi connectivity index (χ0n) is 13.9. The number of hydrogen-bond donors (Lipinski definition) is 1. The molecule has 1 aliphatic rings. The van der Waals surface area contributed by atoms with Crippen molar-refractivity contribution >= 4 is 35.2 Å². The minimum absolute atomic E-state index is 0.487. The first-order chi connectivity index (χ1) is 12.1. The summed E-state index contributed by atoms with van der Waals surface area (Å²) in [6.07, 6.45) is 5.95. The summed E-state index contributed by atoms with van der Waals surface area (Å²) >= 11 is 13.4. The van der Waals surface area contributed by atoms with Gasteiger partial charge in [0.1, 0.15) is 6.54 Å². The Morgan fingerprint density at radius 1 is 1.28 bits per heavy atom. The van der Waals surface area contributed by atoms with E-state index in [4.69, 9.17) is 28.9 Å². The number of nitrogens with zero attached hydrogens (tertiary/aromatic N) is 4. The van der Waals surface area contributed by atoms with Crippen LogP contribution in [0.25, 0.3) is 11.4 Å². The molecule has 0 aliphatic heterocycles. The van der Waals surface area contributed by atoms with Crippen molar-refractivity contribution in [3.63, 3.8) is 0 Å². The van der Waals surface area contributed by atoms with Crippen LogP contribution in [0.2, 0.25) is 4.34 Å². The van der Waals surface area contributed by atoms with Crippen molar-refractivity contribution in [3.8, 4) is 11.4 Å². The summed E-state index contributed by atoms with van der Waals surface area (Å²) in [6.45, 7) is 1.63. The Hall–Kier alpha value is -1.54. The molecule has 3 heterocycles. The minimum Gasteiger partial charge on any atom is -0.314 e. The fourth-order valence-electron chi connectivity index (χ4n) is 2.94. The molecule has 0 radical (unpaired) electrons. The number of rotatable bonds is 6. The van der Waals surface area contributed by atoms with E-state index in [0.717, 1.165) is 33.7 Å². The van der Waals surface area contributed by atoms with Gasteiger partial charge in [-0.2, -0.15) is 4.68 Å². The monoisotopic (exact) mass is 392 g/mol. The molecule has 1 aliphatic carbocycles. The van der Waals surface area contributed by atoms with Crippen molar-refractivity contribution in [2.45, 2.75) is 32.1 Å². The number of hydrogen-bond acceptors (Lipinski definition) is 4. The fraction of sp³-hybridized carbons (Fsp3) is 0.353. The molecule has 0 aromatic carbocycles. The van der Waals surface area contributed by atoms with Crippen LogP contribution in [-0.2, 0) is 13.2 Å². The van der Waals surface area contributed by atoms with E-state index in [1.807, 2.05) is 22.9 Å². The Bertz CT molecular complexity index is 926. The number of aromatic nitrogens is 4. The Morgan fingerprint density at radius 2 is 2.04 bits per heavy atom. The first-order valence-corrected chi connectivity index (χ1v) is 9.87. The van der Waals surface area contributed by atoms with E-state index in [2.05, 4.69) is 22.7 Å². The maximum Gasteiger partial charge on any atom is 0.203 e. The van der Waals surface area contributed by atoms with E-state index in [9.17, 15) is 0 Å². The van der Waals surface area contributed by atoms with Gasteiger partial charge in [-0.25, -0.2) is 0 Å². The second kappa shape index (κ2) is 6.99. The average molecular weight is 393 g/mol. The van der Waals surface area contributed by atoms with Crippen LogP contribution in [0.1, 0.15) is 23.8 Å². The van der Waals surface area contributed by atoms with Gasteiger partial charge in [0.05, 0.1) is 16.3 Å². The number of halogens is 1. The molecule has 8 heteroatoms. The van der Waals surface area contributed by atoms with Gasteiger partial charge in [-0.3, -0.25) is 9.55 Å². The van der Waals surface area contributed by atoms with Gasteiger partial charge in [-0.05, 0) is 49.3 Å². The lowest BCUT2D eigenvalue weighted by atomic mass is 10.2. The number of quaternary nitrogens is 1. The van der Waals surface area contributed by atoms with E-state index >= 15 is 0 Å².